The second-order valence-electron chi connectivity index (χ2n) is 18.8. The molecule has 0 bridgehead atoms. The first-order valence-corrected chi connectivity index (χ1v) is 27.8. The first-order valence-electron chi connectivity index (χ1n) is 26.3. The zero-order chi connectivity index (χ0) is 47.1. The van der Waals surface area contributed by atoms with Crippen LogP contribution in [0.4, 0.5) is 0 Å². The molecule has 3 atom stereocenters. The van der Waals surface area contributed by atoms with Crippen molar-refractivity contribution in [2.45, 2.75) is 231 Å². The standard InChI is InChI=1S/C55H101N2O6P/c1-6-8-10-12-14-16-18-20-22-24-26-28-30-32-34-36-38-40-42-44-46-48-54(58)53(52-63-64(60,61)62-51-50-57(3,4)5)56-55(59)49-47-45-43-41-39-37-35-33-31-29-27-25-23-21-19-17-15-13-11-9-7-2/h9,11,15,17,21,23,27,29,38,40,46,48,53-54,58H,6-8,10,12-14,16,18-20,22,24-26,28,30-37,39,41-45,47,49-52H2,1-5H3,(H-,56,59,60,61)/b11-9-,17-15-,23-21-,29-27-,40-38+,48-46+. The first kappa shape index (κ1) is 61.9. The molecule has 3 unspecified atom stereocenters. The van der Waals surface area contributed by atoms with Crippen LogP contribution < -0.4 is 10.2 Å². The number of phosphoric ester groups is 1. The molecule has 0 rings (SSSR count). The Labute approximate surface area is 395 Å². The Kier molecular flexibility index (Phi) is 44.6. The number of phosphoric acid groups is 1. The predicted molar refractivity (Wildman–Crippen MR) is 274 cm³/mol. The zero-order valence-corrected chi connectivity index (χ0v) is 43.1. The van der Waals surface area contributed by atoms with Crippen LogP contribution in [-0.4, -0.2) is 68.5 Å². The van der Waals surface area contributed by atoms with Gasteiger partial charge in [-0.05, 0) is 70.6 Å². The molecule has 0 aromatic rings. The lowest BCUT2D eigenvalue weighted by Gasteiger charge is -2.29. The molecular formula is C55H101N2O6P. The molecule has 0 aliphatic heterocycles. The van der Waals surface area contributed by atoms with Crippen molar-refractivity contribution < 1.29 is 32.9 Å². The number of amides is 1. The van der Waals surface area contributed by atoms with Gasteiger partial charge in [-0.15, -0.1) is 0 Å². The van der Waals surface area contributed by atoms with Gasteiger partial charge in [0.25, 0.3) is 7.82 Å². The number of nitrogens with zero attached hydrogens (tertiary/aromatic N) is 1. The Morgan fingerprint density at radius 2 is 0.969 bits per heavy atom. The predicted octanol–water partition coefficient (Wildman–Crippen LogP) is 14.9. The van der Waals surface area contributed by atoms with E-state index in [-0.39, 0.29) is 12.5 Å². The number of nitrogens with one attached hydrogen (secondary N) is 1. The van der Waals surface area contributed by atoms with Gasteiger partial charge >= 0.3 is 0 Å². The molecule has 0 radical (unpaired) electrons. The normalized spacial score (nSPS) is 14.7. The molecule has 0 saturated carbocycles. The van der Waals surface area contributed by atoms with Crippen LogP contribution in [0.5, 0.6) is 0 Å². The molecule has 0 aromatic carbocycles. The van der Waals surface area contributed by atoms with Crippen LogP contribution in [0.25, 0.3) is 0 Å². The van der Waals surface area contributed by atoms with Gasteiger partial charge in [-0.25, -0.2) is 0 Å². The van der Waals surface area contributed by atoms with Gasteiger partial charge in [0.2, 0.25) is 5.91 Å². The molecule has 0 heterocycles. The lowest BCUT2D eigenvalue weighted by atomic mass is 10.0. The lowest BCUT2D eigenvalue weighted by Crippen LogP contribution is -2.45. The first-order chi connectivity index (χ1) is 31.0. The van der Waals surface area contributed by atoms with E-state index in [2.05, 4.69) is 79.9 Å². The summed E-state index contributed by atoms with van der Waals surface area (Å²) in [5.74, 6) is -0.217. The summed E-state index contributed by atoms with van der Waals surface area (Å²) in [7, 11) is 1.23. The maximum absolute atomic E-state index is 12.9. The van der Waals surface area contributed by atoms with E-state index in [1.807, 2.05) is 27.2 Å². The van der Waals surface area contributed by atoms with E-state index < -0.39 is 26.6 Å². The van der Waals surface area contributed by atoms with Gasteiger partial charge in [0.05, 0.1) is 39.9 Å². The molecule has 8 nitrogen and oxygen atoms in total. The smallest absolute Gasteiger partial charge is 0.268 e. The zero-order valence-electron chi connectivity index (χ0n) is 42.2. The number of likely N-dealkylation sites (N-methyl/N-ethyl adjacent to an activating group) is 1. The highest BCUT2D eigenvalue weighted by Crippen LogP contribution is 2.38. The number of rotatable bonds is 47. The molecule has 0 aliphatic rings. The van der Waals surface area contributed by atoms with Gasteiger partial charge < -0.3 is 28.8 Å². The summed E-state index contributed by atoms with van der Waals surface area (Å²) in [6.45, 7) is 4.51. The number of carbonyl (C=O) groups excluding carboxylic acids is 1. The fourth-order valence-electron chi connectivity index (χ4n) is 7.28. The number of aliphatic hydroxyl groups is 1. The SMILES string of the molecule is CC/C=C\C/C=C\C/C=C\C/C=C\CCCCCCCCCCC(=O)NC(COP(=O)([O-])OCC[N+](C)(C)C)C(O)/C=C/CC/C=C/CCCCCCCCCCCCCCCCC. The average molecular weight is 917 g/mol. The molecule has 0 aromatic heterocycles. The molecule has 0 aliphatic carbocycles. The molecule has 0 fully saturated rings. The van der Waals surface area contributed by atoms with Crippen LogP contribution in [0.15, 0.2) is 72.9 Å². The van der Waals surface area contributed by atoms with Crippen molar-refractivity contribution >= 4 is 13.7 Å². The molecule has 2 N–H and O–H groups in total. The third kappa shape index (κ3) is 47.9. The van der Waals surface area contributed by atoms with E-state index in [9.17, 15) is 19.4 Å². The van der Waals surface area contributed by atoms with Crippen LogP contribution in [-0.2, 0) is 18.4 Å². The Morgan fingerprint density at radius 1 is 0.562 bits per heavy atom. The van der Waals surface area contributed by atoms with E-state index in [0.29, 0.717) is 17.4 Å². The number of allylic oxidation sites excluding steroid dienone is 11. The number of hydrogen-bond acceptors (Lipinski definition) is 6. The maximum Gasteiger partial charge on any atom is 0.268 e. The highest BCUT2D eigenvalue weighted by atomic mass is 31.2. The monoisotopic (exact) mass is 917 g/mol. The van der Waals surface area contributed by atoms with Crippen molar-refractivity contribution in [2.24, 2.45) is 0 Å². The van der Waals surface area contributed by atoms with E-state index in [1.165, 1.54) is 122 Å². The summed E-state index contributed by atoms with van der Waals surface area (Å²) in [5, 5.41) is 13.8. The summed E-state index contributed by atoms with van der Waals surface area (Å²) in [6, 6.07) is -0.912. The minimum Gasteiger partial charge on any atom is -0.756 e. The fraction of sp³-hybridized carbons (Fsp3) is 0.764. The molecule has 372 valence electrons. The number of hydrogen-bond donors (Lipinski definition) is 2. The van der Waals surface area contributed by atoms with Crippen LogP contribution in [0.3, 0.4) is 0 Å². The average Bonchev–Trinajstić information content (AvgIpc) is 3.25. The molecule has 0 saturated heterocycles. The van der Waals surface area contributed by atoms with Gasteiger partial charge in [-0.3, -0.25) is 9.36 Å². The summed E-state index contributed by atoms with van der Waals surface area (Å²) in [6.07, 6.45) is 62.5. The summed E-state index contributed by atoms with van der Waals surface area (Å²) < 4.78 is 23.3. The van der Waals surface area contributed by atoms with Crippen molar-refractivity contribution in [3.63, 3.8) is 0 Å². The summed E-state index contributed by atoms with van der Waals surface area (Å²) in [5.41, 5.74) is 0. The van der Waals surface area contributed by atoms with Gasteiger partial charge in [0, 0.05) is 6.42 Å². The fourth-order valence-corrected chi connectivity index (χ4v) is 8.00. The van der Waals surface area contributed by atoms with Crippen molar-refractivity contribution in [3.8, 4) is 0 Å². The highest BCUT2D eigenvalue weighted by molar-refractivity contribution is 7.45. The molecule has 0 spiro atoms. The molecular weight excluding hydrogens is 816 g/mol. The van der Waals surface area contributed by atoms with Crippen molar-refractivity contribution in [2.75, 3.05) is 40.9 Å². The van der Waals surface area contributed by atoms with Crippen LogP contribution in [0.2, 0.25) is 0 Å². The van der Waals surface area contributed by atoms with Crippen molar-refractivity contribution in [1.82, 2.24) is 5.32 Å². The Morgan fingerprint density at radius 3 is 1.45 bits per heavy atom. The lowest BCUT2D eigenvalue weighted by molar-refractivity contribution is -0.870. The summed E-state index contributed by atoms with van der Waals surface area (Å²) >= 11 is 0. The minimum absolute atomic E-state index is 0.0112. The van der Waals surface area contributed by atoms with Crippen LogP contribution in [0.1, 0.15) is 219 Å². The third-order valence-electron chi connectivity index (χ3n) is 11.4. The number of unbranched alkanes of at least 4 members (excludes halogenated alkanes) is 24. The topological polar surface area (TPSA) is 108 Å². The van der Waals surface area contributed by atoms with Crippen molar-refractivity contribution in [1.29, 1.82) is 0 Å². The van der Waals surface area contributed by atoms with Crippen LogP contribution in [0, 0.1) is 0 Å². The Bertz CT molecular complexity index is 1270. The van der Waals surface area contributed by atoms with E-state index in [1.54, 1.807) is 6.08 Å². The van der Waals surface area contributed by atoms with E-state index >= 15 is 0 Å². The quantitative estimate of drug-likeness (QED) is 0.0272. The Balaban J connectivity index is 4.37. The number of aliphatic hydroxyl groups excluding tert-OH is 1. The highest BCUT2D eigenvalue weighted by Gasteiger charge is 2.23. The van der Waals surface area contributed by atoms with Crippen LogP contribution >= 0.6 is 7.82 Å². The molecule has 1 amide bonds. The van der Waals surface area contributed by atoms with Gasteiger partial charge in [-0.2, -0.15) is 0 Å². The summed E-state index contributed by atoms with van der Waals surface area (Å²) in [4.78, 5) is 25.4. The molecule has 64 heavy (non-hydrogen) atoms. The van der Waals surface area contributed by atoms with Crippen molar-refractivity contribution in [3.05, 3.63) is 72.9 Å². The number of carbonyl (C=O) groups is 1. The van der Waals surface area contributed by atoms with Gasteiger partial charge in [0.15, 0.2) is 0 Å². The van der Waals surface area contributed by atoms with E-state index in [0.717, 1.165) is 77.0 Å². The van der Waals surface area contributed by atoms with Gasteiger partial charge in [-0.1, -0.05) is 215 Å². The second kappa shape index (κ2) is 46.1. The number of quaternary nitrogens is 1. The Hall–Kier alpha value is -2.06. The molecule has 9 heteroatoms. The largest absolute Gasteiger partial charge is 0.756 e. The second-order valence-corrected chi connectivity index (χ2v) is 20.2. The third-order valence-corrected chi connectivity index (χ3v) is 12.4. The maximum atomic E-state index is 12.9. The van der Waals surface area contributed by atoms with Gasteiger partial charge in [0.1, 0.15) is 13.2 Å². The van der Waals surface area contributed by atoms with E-state index in [4.69, 9.17) is 9.05 Å². The minimum atomic E-state index is -4.61.